The summed E-state index contributed by atoms with van der Waals surface area (Å²) in [7, 11) is 0. The van der Waals surface area contributed by atoms with Crippen molar-refractivity contribution in [2.24, 2.45) is 0 Å². The van der Waals surface area contributed by atoms with Crippen LogP contribution in [0.2, 0.25) is 0 Å². The van der Waals surface area contributed by atoms with Crippen LogP contribution in [-0.4, -0.2) is 29.9 Å². The van der Waals surface area contributed by atoms with E-state index >= 15 is 0 Å². The zero-order valence-corrected chi connectivity index (χ0v) is 43.9. The number of hydrogen-bond acceptors (Lipinski definition) is 8. The molecule has 2 atom stereocenters. The van der Waals surface area contributed by atoms with Crippen LogP contribution in [-0.2, 0) is 0 Å². The highest BCUT2D eigenvalue weighted by Gasteiger charge is 2.41. The average molecular weight is 1050 g/mol. The third-order valence-electron chi connectivity index (χ3n) is 16.7. The molecule has 6 heterocycles. The van der Waals surface area contributed by atoms with E-state index in [-0.39, 0.29) is 11.8 Å². The number of nitrogens with zero attached hydrogens (tertiary/aromatic N) is 6. The highest BCUT2D eigenvalue weighted by molar-refractivity contribution is 6.10. The molecule has 3 aliphatic carbocycles. The Hall–Kier alpha value is -11.0. The van der Waals surface area contributed by atoms with Gasteiger partial charge >= 0.3 is 0 Å². The largest absolute Gasteiger partial charge is 0.455 e. The quantitative estimate of drug-likeness (QED) is 0.148. The summed E-state index contributed by atoms with van der Waals surface area (Å²) >= 11 is 0. The number of para-hydroxylation sites is 2. The molecule has 382 valence electrons. The van der Waals surface area contributed by atoms with Gasteiger partial charge in [0.25, 0.3) is 0 Å². The van der Waals surface area contributed by atoms with Gasteiger partial charge in [-0.1, -0.05) is 182 Å². The molecule has 0 saturated carbocycles. The van der Waals surface area contributed by atoms with Crippen molar-refractivity contribution >= 4 is 43.9 Å². The molecule has 0 amide bonds. The lowest BCUT2D eigenvalue weighted by molar-refractivity contribution is 0.669. The predicted molar refractivity (Wildman–Crippen MR) is 326 cm³/mol. The molecule has 0 aliphatic heterocycles. The number of pyridine rings is 2. The molecular formula is C74H44N6O2. The SMILES string of the molecule is c1ccc(-c2cc(-c3cccc(-c4cccc5c4oc4ccncc45)c3)nc(-c3ccc4c(c3)C3c5ccccc5C4c4cc(-c5nc(-c6ccccc6)cc(-c6cccc(-c7cccc8c7oc7ccncc78)c6)n5)ccc43)n2)cc1. The van der Waals surface area contributed by atoms with E-state index in [1.165, 1.54) is 33.4 Å². The van der Waals surface area contributed by atoms with Gasteiger partial charge < -0.3 is 8.83 Å². The summed E-state index contributed by atoms with van der Waals surface area (Å²) in [5, 5.41) is 4.08. The minimum atomic E-state index is -0.00672. The number of benzene rings is 9. The van der Waals surface area contributed by atoms with Crippen molar-refractivity contribution in [3.8, 4) is 90.1 Å². The number of aromatic nitrogens is 6. The number of rotatable bonds is 8. The van der Waals surface area contributed by atoms with Gasteiger partial charge in [-0.05, 0) is 93.0 Å². The third-order valence-corrected chi connectivity index (χ3v) is 16.7. The predicted octanol–water partition coefficient (Wildman–Crippen LogP) is 18.2. The smallest absolute Gasteiger partial charge is 0.160 e. The van der Waals surface area contributed by atoms with E-state index in [4.69, 9.17) is 28.8 Å². The first-order valence-electron chi connectivity index (χ1n) is 27.6. The lowest BCUT2D eigenvalue weighted by Gasteiger charge is -2.42. The normalized spacial score (nSPS) is 14.1. The van der Waals surface area contributed by atoms with Gasteiger partial charge in [0.05, 0.1) is 22.8 Å². The highest BCUT2D eigenvalue weighted by atomic mass is 16.3. The maximum atomic E-state index is 6.47. The minimum absolute atomic E-state index is 0.00672. The Balaban J connectivity index is 0.765. The van der Waals surface area contributed by atoms with E-state index in [0.29, 0.717) is 11.6 Å². The second kappa shape index (κ2) is 18.3. The molecule has 15 aromatic rings. The van der Waals surface area contributed by atoms with E-state index in [2.05, 4.69) is 216 Å². The van der Waals surface area contributed by atoms with Gasteiger partial charge in [-0.25, -0.2) is 19.9 Å². The summed E-state index contributed by atoms with van der Waals surface area (Å²) in [6, 6.07) is 81.3. The van der Waals surface area contributed by atoms with Crippen LogP contribution < -0.4 is 0 Å². The summed E-state index contributed by atoms with van der Waals surface area (Å²) in [5.41, 5.74) is 24.5. The molecular weight excluding hydrogens is 1000 g/mol. The Kier molecular flexibility index (Phi) is 10.3. The minimum Gasteiger partial charge on any atom is -0.455 e. The Labute approximate surface area is 470 Å². The fraction of sp³-hybridized carbons (Fsp3) is 0.0270. The number of fused-ring (bicyclic) bond motifs is 6. The van der Waals surface area contributed by atoms with Gasteiger partial charge in [-0.15, -0.1) is 0 Å². The molecule has 0 fully saturated rings. The van der Waals surface area contributed by atoms with Crippen LogP contribution in [0.1, 0.15) is 45.2 Å². The average Bonchev–Trinajstić information content (AvgIpc) is 3.98. The molecule has 9 aromatic carbocycles. The van der Waals surface area contributed by atoms with E-state index < -0.39 is 0 Å². The summed E-state index contributed by atoms with van der Waals surface area (Å²) in [4.78, 5) is 30.3. The topological polar surface area (TPSA) is 104 Å². The maximum Gasteiger partial charge on any atom is 0.160 e. The van der Waals surface area contributed by atoms with Crippen molar-refractivity contribution in [2.45, 2.75) is 11.8 Å². The van der Waals surface area contributed by atoms with Crippen molar-refractivity contribution in [2.75, 3.05) is 0 Å². The molecule has 0 spiro atoms. The molecule has 6 aromatic heterocycles. The number of furan rings is 2. The zero-order valence-electron chi connectivity index (χ0n) is 43.9. The van der Waals surface area contributed by atoms with Crippen LogP contribution in [0.25, 0.3) is 134 Å². The first-order valence-corrected chi connectivity index (χ1v) is 27.6. The van der Waals surface area contributed by atoms with Crippen molar-refractivity contribution in [3.63, 3.8) is 0 Å². The molecule has 82 heavy (non-hydrogen) atoms. The van der Waals surface area contributed by atoms with Crippen LogP contribution in [0.4, 0.5) is 0 Å². The molecule has 18 rings (SSSR count). The Morgan fingerprint density at radius 2 is 0.659 bits per heavy atom. The van der Waals surface area contributed by atoms with Crippen LogP contribution >= 0.6 is 0 Å². The van der Waals surface area contributed by atoms with E-state index in [0.717, 1.165) is 122 Å². The maximum absolute atomic E-state index is 6.47. The molecule has 8 nitrogen and oxygen atoms in total. The monoisotopic (exact) mass is 1050 g/mol. The van der Waals surface area contributed by atoms with Crippen LogP contribution in [0.5, 0.6) is 0 Å². The van der Waals surface area contributed by atoms with E-state index in [9.17, 15) is 0 Å². The highest BCUT2D eigenvalue weighted by Crippen LogP contribution is 2.57. The van der Waals surface area contributed by atoms with Gasteiger partial charge in [0.2, 0.25) is 0 Å². The summed E-state index contributed by atoms with van der Waals surface area (Å²) in [6.07, 6.45) is 7.29. The van der Waals surface area contributed by atoms with Crippen LogP contribution in [0, 0.1) is 0 Å². The van der Waals surface area contributed by atoms with Crippen molar-refractivity contribution in [1.29, 1.82) is 0 Å². The van der Waals surface area contributed by atoms with Crippen molar-refractivity contribution in [1.82, 2.24) is 29.9 Å². The van der Waals surface area contributed by atoms with Crippen LogP contribution in [0.15, 0.2) is 264 Å². The van der Waals surface area contributed by atoms with E-state index in [1.54, 1.807) is 12.4 Å². The molecule has 8 heteroatoms. The second-order valence-electron chi connectivity index (χ2n) is 21.3. The fourth-order valence-electron chi connectivity index (χ4n) is 12.9. The Morgan fingerprint density at radius 1 is 0.268 bits per heavy atom. The summed E-state index contributed by atoms with van der Waals surface area (Å²) in [6.45, 7) is 0. The third kappa shape index (κ3) is 7.38. The van der Waals surface area contributed by atoms with Crippen molar-refractivity contribution < 1.29 is 8.83 Å². The first kappa shape index (κ1) is 46.0. The Morgan fingerprint density at radius 3 is 1.12 bits per heavy atom. The van der Waals surface area contributed by atoms with E-state index in [1.807, 2.05) is 36.7 Å². The molecule has 3 aliphatic rings. The van der Waals surface area contributed by atoms with Gasteiger partial charge in [0.15, 0.2) is 11.6 Å². The Bertz CT molecular complexity index is 4770. The fourth-order valence-corrected chi connectivity index (χ4v) is 12.9. The van der Waals surface area contributed by atoms with Crippen molar-refractivity contribution in [3.05, 3.63) is 289 Å². The number of hydrogen-bond donors (Lipinski definition) is 0. The second-order valence-corrected chi connectivity index (χ2v) is 21.3. The van der Waals surface area contributed by atoms with Gasteiger partial charge in [0.1, 0.15) is 22.3 Å². The van der Waals surface area contributed by atoms with Crippen LogP contribution in [0.3, 0.4) is 0 Å². The van der Waals surface area contributed by atoms with Gasteiger partial charge in [-0.3, -0.25) is 9.97 Å². The van der Waals surface area contributed by atoms with Gasteiger partial charge in [0, 0.05) is 103 Å². The lowest BCUT2D eigenvalue weighted by atomic mass is 9.61. The molecule has 0 radical (unpaired) electrons. The molecule has 0 N–H and O–H groups in total. The standard InChI is InChI=1S/C74H44N6O2/c1-3-13-43(14-4-1)63-39-65(47-19-9-17-45(35-47)51-23-11-25-57-61-41-75-33-31-67(61)81-71(51)57)79-73(77-63)49-27-29-55-59(37-49)69-53-21-7-8-22-54(53)70(55)60-38-50(28-30-56(60)69)74-78-64(44-15-5-2-6-16-44)40-66(80-74)48-20-10-18-46(36-48)52-24-12-26-58-62-42-76-34-32-68(62)82-72(52)58/h1-42,69-70H. The zero-order chi connectivity index (χ0) is 53.8. The first-order chi connectivity index (χ1) is 40.6. The summed E-state index contributed by atoms with van der Waals surface area (Å²) < 4.78 is 12.9. The summed E-state index contributed by atoms with van der Waals surface area (Å²) in [5.74, 6) is 1.32. The molecule has 0 saturated heterocycles. The molecule has 2 unspecified atom stereocenters. The lowest BCUT2D eigenvalue weighted by Crippen LogP contribution is -2.27. The molecule has 2 bridgehead atoms. The van der Waals surface area contributed by atoms with Gasteiger partial charge in [-0.2, -0.15) is 0 Å².